The van der Waals surface area contributed by atoms with Gasteiger partial charge < -0.3 is 24.7 Å². The fourth-order valence-electron chi connectivity index (χ4n) is 2.20. The van der Waals surface area contributed by atoms with Crippen molar-refractivity contribution >= 4 is 23.2 Å². The molecule has 0 unspecified atom stereocenters. The third-order valence-corrected chi connectivity index (χ3v) is 3.24. The van der Waals surface area contributed by atoms with Gasteiger partial charge in [0.2, 0.25) is 0 Å². The first-order chi connectivity index (χ1) is 11.6. The molecule has 136 valence electrons. The normalized spacial score (nSPS) is 12.8. The van der Waals surface area contributed by atoms with Crippen molar-refractivity contribution in [3.05, 3.63) is 22.5 Å². The molecule has 2 heterocycles. The summed E-state index contributed by atoms with van der Waals surface area (Å²) in [5.41, 5.74) is -0.543. The second kappa shape index (κ2) is 6.91. The molecule has 0 aliphatic heterocycles. The third kappa shape index (κ3) is 4.78. The summed E-state index contributed by atoms with van der Waals surface area (Å²) in [6, 6.07) is -1.14. The van der Waals surface area contributed by atoms with Crippen molar-refractivity contribution in [2.24, 2.45) is 0 Å². The van der Waals surface area contributed by atoms with E-state index in [1.165, 1.54) is 6.33 Å². The summed E-state index contributed by atoms with van der Waals surface area (Å²) < 4.78 is 6.64. The van der Waals surface area contributed by atoms with E-state index in [0.29, 0.717) is 11.5 Å². The van der Waals surface area contributed by atoms with E-state index in [4.69, 9.17) is 4.74 Å². The number of fused-ring (bicyclic) bond motifs is 1. The molecule has 0 saturated carbocycles. The summed E-state index contributed by atoms with van der Waals surface area (Å²) in [7, 11) is 0. The van der Waals surface area contributed by atoms with Crippen LogP contribution >= 0.6 is 0 Å². The maximum Gasteiger partial charge on any atom is 0.408 e. The zero-order valence-corrected chi connectivity index (χ0v) is 14.5. The van der Waals surface area contributed by atoms with Gasteiger partial charge >= 0.3 is 12.1 Å². The molecule has 1 atom stereocenters. The van der Waals surface area contributed by atoms with Gasteiger partial charge in [0, 0.05) is 6.54 Å². The Morgan fingerprint density at radius 3 is 2.72 bits per heavy atom. The second-order valence-corrected chi connectivity index (χ2v) is 6.59. The molecule has 0 saturated heterocycles. The quantitative estimate of drug-likeness (QED) is 0.724. The van der Waals surface area contributed by atoms with Gasteiger partial charge in [-0.3, -0.25) is 4.79 Å². The molecule has 0 aliphatic rings. The van der Waals surface area contributed by atoms with Crippen LogP contribution in [0.1, 0.15) is 33.0 Å². The molecule has 0 spiro atoms. The van der Waals surface area contributed by atoms with Gasteiger partial charge in [0.1, 0.15) is 17.5 Å². The first-order valence-corrected chi connectivity index (χ1v) is 7.71. The van der Waals surface area contributed by atoms with Crippen LogP contribution in [0.25, 0.3) is 11.2 Å². The summed E-state index contributed by atoms with van der Waals surface area (Å²) in [6.07, 6.45) is 0.688. The Bertz CT molecular complexity index is 848. The number of aryl methyl sites for hydroxylation is 2. The molecule has 2 aromatic rings. The van der Waals surface area contributed by atoms with Crippen molar-refractivity contribution in [1.82, 2.24) is 24.8 Å². The average Bonchev–Trinajstić information content (AvgIpc) is 2.84. The van der Waals surface area contributed by atoms with Gasteiger partial charge in [-0.2, -0.15) is 0 Å². The number of carboxylic acid groups (broad SMARTS) is 1. The van der Waals surface area contributed by atoms with Gasteiger partial charge in [0.15, 0.2) is 11.2 Å². The van der Waals surface area contributed by atoms with Crippen molar-refractivity contribution < 1.29 is 19.4 Å². The van der Waals surface area contributed by atoms with Gasteiger partial charge in [0.05, 0.1) is 6.33 Å². The molecule has 0 bridgehead atoms. The van der Waals surface area contributed by atoms with Crippen LogP contribution in [0.2, 0.25) is 0 Å². The van der Waals surface area contributed by atoms with Crippen LogP contribution in [-0.2, 0) is 16.1 Å². The molecule has 1 amide bonds. The summed E-state index contributed by atoms with van der Waals surface area (Å²) in [5, 5.41) is 11.6. The van der Waals surface area contributed by atoms with Crippen molar-refractivity contribution in [3.63, 3.8) is 0 Å². The van der Waals surface area contributed by atoms with Crippen LogP contribution in [0.15, 0.2) is 11.1 Å². The number of H-pyrrole nitrogens is 1. The number of amides is 1. The average molecular weight is 351 g/mol. The number of nitrogens with one attached hydrogen (secondary N) is 2. The number of alkyl carbamates (subject to hydrolysis) is 1. The lowest BCUT2D eigenvalue weighted by Crippen LogP contribution is -2.43. The molecule has 2 aromatic heterocycles. The van der Waals surface area contributed by atoms with Crippen molar-refractivity contribution in [2.75, 3.05) is 0 Å². The number of imidazole rings is 1. The molecular weight excluding hydrogens is 330 g/mol. The topological polar surface area (TPSA) is 139 Å². The predicted octanol–water partition coefficient (Wildman–Crippen LogP) is 0.796. The maximum absolute atomic E-state index is 11.8. The number of nitrogens with zero attached hydrogens (tertiary/aromatic N) is 3. The molecule has 0 radical (unpaired) electrons. The predicted molar refractivity (Wildman–Crippen MR) is 88.3 cm³/mol. The summed E-state index contributed by atoms with van der Waals surface area (Å²) in [6.45, 7) is 6.91. The van der Waals surface area contributed by atoms with E-state index in [-0.39, 0.29) is 24.0 Å². The Labute approximate surface area is 143 Å². The van der Waals surface area contributed by atoms with Crippen LogP contribution in [-0.4, -0.2) is 48.3 Å². The van der Waals surface area contributed by atoms with Crippen LogP contribution in [0.4, 0.5) is 4.79 Å². The number of aromatic amines is 1. The van der Waals surface area contributed by atoms with E-state index in [9.17, 15) is 19.5 Å². The van der Waals surface area contributed by atoms with Crippen molar-refractivity contribution in [2.45, 2.75) is 52.3 Å². The Kier molecular flexibility index (Phi) is 5.10. The van der Waals surface area contributed by atoms with E-state index in [1.54, 1.807) is 32.3 Å². The number of ether oxygens (including phenoxy) is 1. The highest BCUT2D eigenvalue weighted by molar-refractivity contribution is 5.80. The minimum atomic E-state index is -1.18. The second-order valence-electron chi connectivity index (χ2n) is 6.59. The van der Waals surface area contributed by atoms with Crippen LogP contribution in [0.5, 0.6) is 0 Å². The lowest BCUT2D eigenvalue weighted by atomic mass is 10.2. The zero-order chi connectivity index (χ0) is 18.8. The standard InChI is InChI=1S/C15H21N5O5/c1-8-17-11-10(12(21)18-8)16-7-20(11)6-5-9(13(22)23)19-14(24)25-15(2,3)4/h7,9H,5-6H2,1-4H3,(H,19,24)(H,22,23)(H,17,18,21)/t9-/m0/s1. The number of carbonyl (C=O) groups is 2. The molecule has 25 heavy (non-hydrogen) atoms. The third-order valence-electron chi connectivity index (χ3n) is 3.24. The molecule has 0 fully saturated rings. The highest BCUT2D eigenvalue weighted by atomic mass is 16.6. The summed E-state index contributed by atoms with van der Waals surface area (Å²) >= 11 is 0. The van der Waals surface area contributed by atoms with Gasteiger partial charge in [-0.25, -0.2) is 19.6 Å². The Balaban J connectivity index is 2.10. The van der Waals surface area contributed by atoms with Gasteiger partial charge in [-0.05, 0) is 34.1 Å². The van der Waals surface area contributed by atoms with Crippen LogP contribution in [0, 0.1) is 6.92 Å². The fourth-order valence-corrected chi connectivity index (χ4v) is 2.20. The number of hydrogen-bond acceptors (Lipinski definition) is 6. The lowest BCUT2D eigenvalue weighted by Gasteiger charge is -2.22. The lowest BCUT2D eigenvalue weighted by molar-refractivity contribution is -0.139. The molecule has 10 heteroatoms. The van der Waals surface area contributed by atoms with Crippen LogP contribution < -0.4 is 10.9 Å². The first-order valence-electron chi connectivity index (χ1n) is 7.71. The van der Waals surface area contributed by atoms with Gasteiger partial charge in [-0.15, -0.1) is 0 Å². The highest BCUT2D eigenvalue weighted by Gasteiger charge is 2.24. The minimum Gasteiger partial charge on any atom is -0.480 e. The molecule has 10 nitrogen and oxygen atoms in total. The summed E-state index contributed by atoms with van der Waals surface area (Å²) in [4.78, 5) is 45.7. The van der Waals surface area contributed by atoms with Crippen molar-refractivity contribution in [3.8, 4) is 0 Å². The SMILES string of the molecule is Cc1nc2c(ncn2CC[C@H](NC(=O)OC(C)(C)C)C(=O)O)c(=O)[nH]1. The Morgan fingerprint density at radius 2 is 2.12 bits per heavy atom. The zero-order valence-electron chi connectivity index (χ0n) is 14.5. The van der Waals surface area contributed by atoms with E-state index in [2.05, 4.69) is 20.3 Å². The molecule has 0 aromatic carbocycles. The summed E-state index contributed by atoms with van der Waals surface area (Å²) in [5.74, 6) is -0.752. The smallest absolute Gasteiger partial charge is 0.408 e. The minimum absolute atomic E-state index is 0.0769. The van der Waals surface area contributed by atoms with E-state index in [1.807, 2.05) is 0 Å². The largest absolute Gasteiger partial charge is 0.480 e. The van der Waals surface area contributed by atoms with E-state index >= 15 is 0 Å². The highest BCUT2D eigenvalue weighted by Crippen LogP contribution is 2.10. The Morgan fingerprint density at radius 1 is 1.44 bits per heavy atom. The number of rotatable bonds is 5. The van der Waals surface area contributed by atoms with Crippen LogP contribution in [0.3, 0.4) is 0 Å². The number of carboxylic acids is 1. The number of aromatic nitrogens is 4. The van der Waals surface area contributed by atoms with E-state index < -0.39 is 23.7 Å². The molecule has 3 N–H and O–H groups in total. The van der Waals surface area contributed by atoms with Crippen molar-refractivity contribution in [1.29, 1.82) is 0 Å². The van der Waals surface area contributed by atoms with E-state index in [0.717, 1.165) is 0 Å². The maximum atomic E-state index is 11.8. The number of carbonyl (C=O) groups excluding carboxylic acids is 1. The monoisotopic (exact) mass is 351 g/mol. The number of hydrogen-bond donors (Lipinski definition) is 3. The molecule has 2 rings (SSSR count). The number of aliphatic carboxylic acids is 1. The molecule has 0 aliphatic carbocycles. The Hall–Kier alpha value is -2.91. The first kappa shape index (κ1) is 18.4. The fraction of sp³-hybridized carbons (Fsp3) is 0.533. The van der Waals surface area contributed by atoms with Gasteiger partial charge in [-0.1, -0.05) is 0 Å². The van der Waals surface area contributed by atoms with Gasteiger partial charge in [0.25, 0.3) is 5.56 Å². The molecular formula is C15H21N5O5.